The van der Waals surface area contributed by atoms with Crippen LogP contribution in [0.15, 0.2) is 82.0 Å². The van der Waals surface area contributed by atoms with Crippen molar-refractivity contribution in [1.29, 1.82) is 0 Å². The molecule has 0 saturated carbocycles. The van der Waals surface area contributed by atoms with Gasteiger partial charge in [0.1, 0.15) is 5.76 Å². The van der Waals surface area contributed by atoms with E-state index in [9.17, 15) is 9.59 Å². The van der Waals surface area contributed by atoms with Crippen LogP contribution >= 0.6 is 0 Å². The van der Waals surface area contributed by atoms with E-state index in [0.717, 1.165) is 16.7 Å². The van der Waals surface area contributed by atoms with Gasteiger partial charge in [0.15, 0.2) is 11.0 Å². The molecule has 1 heterocycles. The summed E-state index contributed by atoms with van der Waals surface area (Å²) in [6.45, 7) is 5.16. The first-order chi connectivity index (χ1) is 15.6. The van der Waals surface area contributed by atoms with Crippen LogP contribution in [0.1, 0.15) is 34.0 Å². The van der Waals surface area contributed by atoms with Crippen LogP contribution in [-0.4, -0.2) is 12.5 Å². The van der Waals surface area contributed by atoms with E-state index in [1.165, 1.54) is 0 Å². The third-order valence-corrected chi connectivity index (χ3v) is 5.45. The van der Waals surface area contributed by atoms with Crippen LogP contribution in [0.5, 0.6) is 0 Å². The number of hydrogen-bond donors (Lipinski definition) is 1. The number of carbonyl (C=O) groups is 1. The Labute approximate surface area is 186 Å². The van der Waals surface area contributed by atoms with Gasteiger partial charge in [-0.25, -0.2) is 0 Å². The molecular formula is C27H25NO4. The highest BCUT2D eigenvalue weighted by Crippen LogP contribution is 2.27. The lowest BCUT2D eigenvalue weighted by atomic mass is 10.0. The monoisotopic (exact) mass is 427 g/mol. The summed E-state index contributed by atoms with van der Waals surface area (Å²) in [6, 6.07) is 22.4. The zero-order valence-electron chi connectivity index (χ0n) is 18.2. The molecule has 5 heteroatoms. The van der Waals surface area contributed by atoms with Crippen LogP contribution in [0.2, 0.25) is 0 Å². The van der Waals surface area contributed by atoms with Gasteiger partial charge in [-0.15, -0.1) is 0 Å². The maximum atomic E-state index is 13.1. The van der Waals surface area contributed by atoms with E-state index < -0.39 is 0 Å². The number of hydrogen-bond acceptors (Lipinski definition) is 4. The van der Waals surface area contributed by atoms with E-state index in [1.54, 1.807) is 25.1 Å². The second-order valence-electron chi connectivity index (χ2n) is 7.52. The Kier molecular flexibility index (Phi) is 6.47. The molecule has 0 aliphatic carbocycles. The Bertz CT molecular complexity index is 1310. The van der Waals surface area contributed by atoms with Crippen LogP contribution in [0.4, 0.5) is 0 Å². The Morgan fingerprint density at radius 1 is 0.938 bits per heavy atom. The van der Waals surface area contributed by atoms with Gasteiger partial charge in [0.05, 0.1) is 17.6 Å². The number of amides is 1. The second kappa shape index (κ2) is 9.62. The summed E-state index contributed by atoms with van der Waals surface area (Å²) >= 11 is 0. The number of carbonyl (C=O) groups excluding carboxylic acids is 1. The fourth-order valence-electron chi connectivity index (χ4n) is 3.71. The van der Waals surface area contributed by atoms with E-state index >= 15 is 0 Å². The summed E-state index contributed by atoms with van der Waals surface area (Å²) in [5, 5.41) is 3.36. The van der Waals surface area contributed by atoms with E-state index in [0.29, 0.717) is 47.6 Å². The molecule has 1 aromatic heterocycles. The molecule has 5 nitrogen and oxygen atoms in total. The van der Waals surface area contributed by atoms with Crippen molar-refractivity contribution in [2.24, 2.45) is 0 Å². The lowest BCUT2D eigenvalue weighted by molar-refractivity contribution is 0.0950. The van der Waals surface area contributed by atoms with Gasteiger partial charge < -0.3 is 14.5 Å². The Hall–Kier alpha value is -3.70. The van der Waals surface area contributed by atoms with E-state index in [2.05, 4.69) is 5.32 Å². The van der Waals surface area contributed by atoms with Crippen molar-refractivity contribution < 1.29 is 13.9 Å². The minimum absolute atomic E-state index is 0.137. The van der Waals surface area contributed by atoms with Crippen LogP contribution in [-0.2, 0) is 17.9 Å². The average molecular weight is 428 g/mol. The lowest BCUT2D eigenvalue weighted by Gasteiger charge is -2.12. The first-order valence-corrected chi connectivity index (χ1v) is 10.6. The van der Waals surface area contributed by atoms with Gasteiger partial charge in [-0.05, 0) is 37.1 Å². The van der Waals surface area contributed by atoms with Crippen LogP contribution in [0.25, 0.3) is 22.3 Å². The summed E-state index contributed by atoms with van der Waals surface area (Å²) < 4.78 is 11.7. The number of fused-ring (bicyclic) bond motifs is 1. The van der Waals surface area contributed by atoms with Crippen molar-refractivity contribution in [3.8, 4) is 11.3 Å². The molecule has 0 atom stereocenters. The number of rotatable bonds is 7. The highest BCUT2D eigenvalue weighted by Gasteiger charge is 2.18. The standard InChI is InChI=1S/C27H25NO4/c1-3-31-17-21-13-8-7-12-20(21)16-28-27(30)23-15-9-14-22-24(29)18(2)25(32-26(22)23)19-10-5-4-6-11-19/h4-15H,3,16-17H2,1-2H3,(H,28,30). The summed E-state index contributed by atoms with van der Waals surface area (Å²) in [5.41, 5.74) is 3.82. The molecule has 3 aromatic carbocycles. The topological polar surface area (TPSA) is 68.5 Å². The summed E-state index contributed by atoms with van der Waals surface area (Å²) in [6.07, 6.45) is 0. The van der Waals surface area contributed by atoms with Crippen molar-refractivity contribution in [3.63, 3.8) is 0 Å². The van der Waals surface area contributed by atoms with Crippen LogP contribution in [0, 0.1) is 6.92 Å². The molecule has 0 saturated heterocycles. The highest BCUT2D eigenvalue weighted by atomic mass is 16.5. The lowest BCUT2D eigenvalue weighted by Crippen LogP contribution is -2.24. The molecule has 32 heavy (non-hydrogen) atoms. The van der Waals surface area contributed by atoms with Gasteiger partial charge in [-0.1, -0.05) is 60.7 Å². The van der Waals surface area contributed by atoms with Gasteiger partial charge in [0.2, 0.25) is 0 Å². The van der Waals surface area contributed by atoms with Crippen molar-refractivity contribution >= 4 is 16.9 Å². The molecule has 0 unspecified atom stereocenters. The van der Waals surface area contributed by atoms with Crippen molar-refractivity contribution in [2.45, 2.75) is 27.0 Å². The quantitative estimate of drug-likeness (QED) is 0.438. The first-order valence-electron chi connectivity index (χ1n) is 10.6. The summed E-state index contributed by atoms with van der Waals surface area (Å²) in [5.74, 6) is 0.179. The molecule has 0 aliphatic heterocycles. The highest BCUT2D eigenvalue weighted by molar-refractivity contribution is 6.05. The Balaban J connectivity index is 1.68. The van der Waals surface area contributed by atoms with Gasteiger partial charge in [-0.3, -0.25) is 9.59 Å². The van der Waals surface area contributed by atoms with Crippen LogP contribution in [0.3, 0.4) is 0 Å². The average Bonchev–Trinajstić information content (AvgIpc) is 2.84. The van der Waals surface area contributed by atoms with Gasteiger partial charge >= 0.3 is 0 Å². The van der Waals surface area contributed by atoms with E-state index in [1.807, 2.05) is 61.5 Å². The predicted octanol–water partition coefficient (Wildman–Crippen LogP) is 5.23. The zero-order chi connectivity index (χ0) is 22.5. The van der Waals surface area contributed by atoms with E-state index in [4.69, 9.17) is 9.15 Å². The van der Waals surface area contributed by atoms with Gasteiger partial charge in [-0.2, -0.15) is 0 Å². The van der Waals surface area contributed by atoms with E-state index in [-0.39, 0.29) is 11.3 Å². The molecule has 0 fully saturated rings. The fourth-order valence-corrected chi connectivity index (χ4v) is 3.71. The Morgan fingerprint density at radius 2 is 1.66 bits per heavy atom. The largest absolute Gasteiger partial charge is 0.455 e. The number of para-hydroxylation sites is 1. The maximum Gasteiger partial charge on any atom is 0.255 e. The third-order valence-electron chi connectivity index (χ3n) is 5.45. The molecular weight excluding hydrogens is 402 g/mol. The minimum Gasteiger partial charge on any atom is -0.455 e. The Morgan fingerprint density at radius 3 is 2.41 bits per heavy atom. The second-order valence-corrected chi connectivity index (χ2v) is 7.52. The van der Waals surface area contributed by atoms with Gasteiger partial charge in [0.25, 0.3) is 5.91 Å². The summed E-state index contributed by atoms with van der Waals surface area (Å²) in [7, 11) is 0. The number of ether oxygens (including phenoxy) is 1. The van der Waals surface area contributed by atoms with Crippen LogP contribution < -0.4 is 10.7 Å². The molecule has 0 radical (unpaired) electrons. The molecule has 0 spiro atoms. The molecule has 162 valence electrons. The van der Waals surface area contributed by atoms with Crippen molar-refractivity contribution in [1.82, 2.24) is 5.32 Å². The number of nitrogens with one attached hydrogen (secondary N) is 1. The smallest absolute Gasteiger partial charge is 0.255 e. The number of benzene rings is 3. The molecule has 1 N–H and O–H groups in total. The summed E-state index contributed by atoms with van der Waals surface area (Å²) in [4.78, 5) is 26.1. The maximum absolute atomic E-state index is 13.1. The van der Waals surface area contributed by atoms with Crippen molar-refractivity contribution in [3.05, 3.63) is 105 Å². The zero-order valence-corrected chi connectivity index (χ0v) is 18.2. The molecule has 1 amide bonds. The first kappa shape index (κ1) is 21.5. The normalized spacial score (nSPS) is 10.9. The third kappa shape index (κ3) is 4.34. The van der Waals surface area contributed by atoms with Crippen molar-refractivity contribution in [2.75, 3.05) is 6.61 Å². The van der Waals surface area contributed by atoms with Gasteiger partial charge in [0, 0.05) is 24.3 Å². The molecule has 4 aromatic rings. The minimum atomic E-state index is -0.298. The fraction of sp³-hybridized carbons (Fsp3) is 0.185. The molecule has 4 rings (SSSR count). The molecule has 0 bridgehead atoms. The molecule has 0 aliphatic rings. The predicted molar refractivity (Wildman–Crippen MR) is 126 cm³/mol. The SMILES string of the molecule is CCOCc1ccccc1CNC(=O)c1cccc2c(=O)c(C)c(-c3ccccc3)oc12.